The van der Waals surface area contributed by atoms with Gasteiger partial charge in [0, 0.05) is 29.1 Å². The monoisotopic (exact) mass is 417 g/mol. The molecule has 0 atom stereocenters. The minimum atomic E-state index is -0.315. The number of carbonyl (C=O) groups excluding carboxylic acids is 1. The first-order valence-corrected chi connectivity index (χ1v) is 10.1. The summed E-state index contributed by atoms with van der Waals surface area (Å²) >= 11 is 0. The average Bonchev–Trinajstić information content (AvgIpc) is 3.22. The van der Waals surface area contributed by atoms with Gasteiger partial charge in [-0.2, -0.15) is 5.10 Å². The Bertz CT molecular complexity index is 1320. The van der Waals surface area contributed by atoms with Crippen LogP contribution in [0.1, 0.15) is 40.1 Å². The lowest BCUT2D eigenvalue weighted by atomic mass is 10.2. The Morgan fingerprint density at radius 3 is 2.68 bits per heavy atom. The standard InChI is InChI=1S/C24H24FN5O/c1-5-29-17(4)27-21-13-18(10-11-23(21)29)24(31)28-26-14-19-12-15(2)30(16(19)3)22-9-7-6-8-20(22)25/h6-14H,5H2,1-4H3,(H,28,31). The van der Waals surface area contributed by atoms with E-state index in [9.17, 15) is 9.18 Å². The van der Waals surface area contributed by atoms with Gasteiger partial charge in [-0.1, -0.05) is 12.1 Å². The van der Waals surface area contributed by atoms with Crippen molar-refractivity contribution in [3.8, 4) is 5.69 Å². The van der Waals surface area contributed by atoms with Crippen LogP contribution in [0.4, 0.5) is 4.39 Å². The first-order chi connectivity index (χ1) is 14.9. The Balaban J connectivity index is 1.54. The number of imidazole rings is 1. The molecule has 0 saturated carbocycles. The van der Waals surface area contributed by atoms with Gasteiger partial charge in [0.25, 0.3) is 5.91 Å². The molecule has 0 fully saturated rings. The summed E-state index contributed by atoms with van der Waals surface area (Å²) in [5.41, 5.74) is 7.83. The van der Waals surface area contributed by atoms with Gasteiger partial charge >= 0.3 is 0 Å². The molecule has 4 aromatic rings. The van der Waals surface area contributed by atoms with Crippen LogP contribution in [-0.4, -0.2) is 26.2 Å². The van der Waals surface area contributed by atoms with Crippen molar-refractivity contribution in [3.63, 3.8) is 0 Å². The summed E-state index contributed by atoms with van der Waals surface area (Å²) in [6, 6.07) is 14.0. The SMILES string of the molecule is CCn1c(C)nc2cc(C(=O)NN=Cc3cc(C)n(-c4ccccc4F)c3C)ccc21. The lowest BCUT2D eigenvalue weighted by Crippen LogP contribution is -2.17. The molecule has 0 unspecified atom stereocenters. The molecule has 4 rings (SSSR count). The molecule has 0 aliphatic heterocycles. The molecule has 2 heterocycles. The van der Waals surface area contributed by atoms with E-state index in [4.69, 9.17) is 0 Å². The summed E-state index contributed by atoms with van der Waals surface area (Å²) in [6.45, 7) is 8.63. The smallest absolute Gasteiger partial charge is 0.271 e. The summed E-state index contributed by atoms with van der Waals surface area (Å²) in [4.78, 5) is 17.1. The third kappa shape index (κ3) is 3.74. The molecular weight excluding hydrogens is 393 g/mol. The number of aryl methyl sites for hydroxylation is 3. The number of hydrogen-bond acceptors (Lipinski definition) is 3. The van der Waals surface area contributed by atoms with Gasteiger partial charge in [-0.25, -0.2) is 14.8 Å². The van der Waals surface area contributed by atoms with Crippen LogP contribution in [-0.2, 0) is 6.54 Å². The fraction of sp³-hybridized carbons (Fsp3) is 0.208. The van der Waals surface area contributed by atoms with Crippen LogP contribution in [0.25, 0.3) is 16.7 Å². The van der Waals surface area contributed by atoms with Crippen LogP contribution in [0.2, 0.25) is 0 Å². The van der Waals surface area contributed by atoms with E-state index in [0.717, 1.165) is 40.4 Å². The van der Waals surface area contributed by atoms with Crippen molar-refractivity contribution in [1.29, 1.82) is 0 Å². The second-order valence-corrected chi connectivity index (χ2v) is 7.42. The van der Waals surface area contributed by atoms with Crippen LogP contribution < -0.4 is 5.43 Å². The molecule has 31 heavy (non-hydrogen) atoms. The molecule has 7 heteroatoms. The maximum Gasteiger partial charge on any atom is 0.271 e. The van der Waals surface area contributed by atoms with Gasteiger partial charge in [0.05, 0.1) is 22.9 Å². The summed E-state index contributed by atoms with van der Waals surface area (Å²) < 4.78 is 18.2. The number of para-hydroxylation sites is 1. The zero-order valence-corrected chi connectivity index (χ0v) is 18.0. The molecule has 0 bridgehead atoms. The molecule has 0 aliphatic rings. The number of hydrogen-bond donors (Lipinski definition) is 1. The highest BCUT2D eigenvalue weighted by Crippen LogP contribution is 2.22. The number of rotatable bonds is 5. The summed E-state index contributed by atoms with van der Waals surface area (Å²) in [5.74, 6) is 0.306. The first kappa shape index (κ1) is 20.5. The highest BCUT2D eigenvalue weighted by molar-refractivity contribution is 5.98. The quantitative estimate of drug-likeness (QED) is 0.379. The number of fused-ring (bicyclic) bond motifs is 1. The van der Waals surface area contributed by atoms with Crippen LogP contribution in [0.3, 0.4) is 0 Å². The third-order valence-corrected chi connectivity index (χ3v) is 5.45. The Morgan fingerprint density at radius 1 is 1.16 bits per heavy atom. The summed E-state index contributed by atoms with van der Waals surface area (Å²) in [5, 5.41) is 4.11. The van der Waals surface area contributed by atoms with Crippen LogP contribution in [0.5, 0.6) is 0 Å². The van der Waals surface area contributed by atoms with Gasteiger partial charge in [0.2, 0.25) is 0 Å². The molecule has 2 aromatic heterocycles. The summed E-state index contributed by atoms with van der Waals surface area (Å²) in [7, 11) is 0. The van der Waals surface area contributed by atoms with E-state index in [0.29, 0.717) is 11.3 Å². The summed E-state index contributed by atoms with van der Waals surface area (Å²) in [6.07, 6.45) is 1.58. The average molecular weight is 417 g/mol. The van der Waals surface area contributed by atoms with Crippen molar-refractivity contribution in [2.75, 3.05) is 0 Å². The highest BCUT2D eigenvalue weighted by atomic mass is 19.1. The third-order valence-electron chi connectivity index (χ3n) is 5.45. The van der Waals surface area contributed by atoms with Gasteiger partial charge in [-0.05, 0) is 64.1 Å². The Kier molecular flexibility index (Phi) is 5.42. The number of halogens is 1. The zero-order chi connectivity index (χ0) is 22.1. The lowest BCUT2D eigenvalue weighted by Gasteiger charge is -2.10. The fourth-order valence-corrected chi connectivity index (χ4v) is 3.94. The molecule has 1 N–H and O–H groups in total. The molecule has 0 aliphatic carbocycles. The number of nitrogens with one attached hydrogen (secondary N) is 1. The van der Waals surface area contributed by atoms with Crippen LogP contribution in [0, 0.1) is 26.6 Å². The van der Waals surface area contributed by atoms with Crippen LogP contribution >= 0.6 is 0 Å². The molecule has 0 radical (unpaired) electrons. The van der Waals surface area contributed by atoms with Gasteiger partial charge < -0.3 is 9.13 Å². The van der Waals surface area contributed by atoms with E-state index in [1.54, 1.807) is 36.5 Å². The Labute approximate surface area is 180 Å². The van der Waals surface area contributed by atoms with E-state index < -0.39 is 0 Å². The largest absolute Gasteiger partial charge is 0.329 e. The van der Waals surface area contributed by atoms with Gasteiger partial charge in [0.1, 0.15) is 11.6 Å². The van der Waals surface area contributed by atoms with Crippen molar-refractivity contribution in [2.45, 2.75) is 34.2 Å². The first-order valence-electron chi connectivity index (χ1n) is 10.1. The number of amides is 1. The van der Waals surface area contributed by atoms with E-state index in [1.165, 1.54) is 6.07 Å². The van der Waals surface area contributed by atoms with Gasteiger partial charge in [-0.3, -0.25) is 4.79 Å². The van der Waals surface area contributed by atoms with Crippen molar-refractivity contribution >= 4 is 23.2 Å². The van der Waals surface area contributed by atoms with Crippen molar-refractivity contribution in [3.05, 3.63) is 82.7 Å². The molecule has 0 saturated heterocycles. The Hall–Kier alpha value is -3.74. The molecular formula is C24H24FN5O. The minimum Gasteiger partial charge on any atom is -0.329 e. The number of nitrogens with zero attached hydrogens (tertiary/aromatic N) is 4. The Morgan fingerprint density at radius 2 is 1.94 bits per heavy atom. The van der Waals surface area contributed by atoms with Gasteiger partial charge in [-0.15, -0.1) is 0 Å². The van der Waals surface area contributed by atoms with Gasteiger partial charge in [0.15, 0.2) is 0 Å². The number of hydrazone groups is 1. The predicted octanol–water partition coefficient (Wildman–Crippen LogP) is 4.68. The highest BCUT2D eigenvalue weighted by Gasteiger charge is 2.13. The van der Waals surface area contributed by atoms with E-state index in [-0.39, 0.29) is 11.7 Å². The zero-order valence-electron chi connectivity index (χ0n) is 18.0. The molecule has 6 nitrogen and oxygen atoms in total. The topological polar surface area (TPSA) is 64.2 Å². The van der Waals surface area contributed by atoms with Crippen LogP contribution in [0.15, 0.2) is 53.6 Å². The second-order valence-electron chi connectivity index (χ2n) is 7.42. The maximum atomic E-state index is 14.2. The fourth-order valence-electron chi connectivity index (χ4n) is 3.94. The molecule has 1 amide bonds. The predicted molar refractivity (Wildman–Crippen MR) is 120 cm³/mol. The van der Waals surface area contributed by atoms with Crippen molar-refractivity contribution in [2.24, 2.45) is 5.10 Å². The number of carbonyl (C=O) groups is 1. The van der Waals surface area contributed by atoms with E-state index in [1.807, 2.05) is 37.5 Å². The normalized spacial score (nSPS) is 11.5. The second kappa shape index (κ2) is 8.18. The van der Waals surface area contributed by atoms with Crippen molar-refractivity contribution in [1.82, 2.24) is 19.5 Å². The van der Waals surface area contributed by atoms with E-state index >= 15 is 0 Å². The molecule has 2 aromatic carbocycles. The maximum absolute atomic E-state index is 14.2. The minimum absolute atomic E-state index is 0.294. The number of aromatic nitrogens is 3. The molecule has 0 spiro atoms. The molecule has 158 valence electrons. The van der Waals surface area contributed by atoms with E-state index in [2.05, 4.69) is 27.0 Å². The lowest BCUT2D eigenvalue weighted by molar-refractivity contribution is 0.0955. The number of benzene rings is 2. The van der Waals surface area contributed by atoms with Crippen molar-refractivity contribution < 1.29 is 9.18 Å².